The third-order valence-electron chi connectivity index (χ3n) is 3.23. The molecule has 2 rings (SSSR count). The average Bonchev–Trinajstić information content (AvgIpc) is 2.82. The molecule has 1 aliphatic rings. The highest BCUT2D eigenvalue weighted by atomic mass is 79.9. The Morgan fingerprint density at radius 3 is 2.58 bits per heavy atom. The number of aryl methyl sites for hydroxylation is 2. The molecule has 1 N–H and O–H groups in total. The third-order valence-corrected chi connectivity index (χ3v) is 4.48. The van der Waals surface area contributed by atoms with Crippen LogP contribution in [-0.4, -0.2) is 29.9 Å². The predicted molar refractivity (Wildman–Crippen MR) is 74.6 cm³/mol. The number of aliphatic carboxylic acids is 1. The monoisotopic (exact) mass is 328 g/mol. The maximum Gasteiger partial charge on any atom is 0.332 e. The minimum Gasteiger partial charge on any atom is -0.491 e. The van der Waals surface area contributed by atoms with Gasteiger partial charge in [-0.3, -0.25) is 0 Å². The molecule has 0 aliphatic carbocycles. The van der Waals surface area contributed by atoms with E-state index in [0.717, 1.165) is 27.8 Å². The van der Waals surface area contributed by atoms with Gasteiger partial charge in [-0.15, -0.1) is 0 Å². The van der Waals surface area contributed by atoms with Crippen molar-refractivity contribution in [3.8, 4) is 5.75 Å². The van der Waals surface area contributed by atoms with Gasteiger partial charge in [0.15, 0.2) is 6.10 Å². The second-order valence-electron chi connectivity index (χ2n) is 4.84. The molecule has 0 bridgehead atoms. The topological polar surface area (TPSA) is 55.8 Å². The van der Waals surface area contributed by atoms with Crippen LogP contribution in [0.25, 0.3) is 0 Å². The highest BCUT2D eigenvalue weighted by molar-refractivity contribution is 9.10. The van der Waals surface area contributed by atoms with Crippen LogP contribution in [0, 0.1) is 13.8 Å². The van der Waals surface area contributed by atoms with Crippen LogP contribution < -0.4 is 4.74 Å². The normalized spacial score (nSPS) is 22.5. The van der Waals surface area contributed by atoms with Crippen molar-refractivity contribution in [1.29, 1.82) is 0 Å². The number of carboxylic acid groups (broad SMARTS) is 1. The Balaban J connectivity index is 1.91. The van der Waals surface area contributed by atoms with E-state index in [1.165, 1.54) is 0 Å². The van der Waals surface area contributed by atoms with Crippen molar-refractivity contribution in [2.24, 2.45) is 0 Å². The van der Waals surface area contributed by atoms with E-state index < -0.39 is 12.1 Å². The minimum absolute atomic E-state index is 0.134. The molecule has 1 aromatic rings. The van der Waals surface area contributed by atoms with Crippen LogP contribution in [0.4, 0.5) is 0 Å². The molecule has 0 aromatic heterocycles. The van der Waals surface area contributed by atoms with Gasteiger partial charge in [0.05, 0.1) is 6.10 Å². The molecule has 1 heterocycles. The maximum absolute atomic E-state index is 10.8. The maximum atomic E-state index is 10.8. The van der Waals surface area contributed by atoms with Gasteiger partial charge in [-0.2, -0.15) is 0 Å². The second kappa shape index (κ2) is 5.92. The van der Waals surface area contributed by atoms with Crippen molar-refractivity contribution in [3.05, 3.63) is 27.7 Å². The Hall–Kier alpha value is -1.07. The first-order valence-electron chi connectivity index (χ1n) is 6.25. The van der Waals surface area contributed by atoms with Gasteiger partial charge in [-0.1, -0.05) is 15.9 Å². The Morgan fingerprint density at radius 1 is 1.42 bits per heavy atom. The van der Waals surface area contributed by atoms with Crippen LogP contribution >= 0.6 is 15.9 Å². The molecule has 0 spiro atoms. The van der Waals surface area contributed by atoms with E-state index in [2.05, 4.69) is 15.9 Å². The van der Waals surface area contributed by atoms with Crippen LogP contribution in [-0.2, 0) is 9.53 Å². The van der Waals surface area contributed by atoms with E-state index in [9.17, 15) is 4.79 Å². The molecule has 0 saturated carbocycles. The number of benzene rings is 1. The van der Waals surface area contributed by atoms with E-state index in [1.54, 1.807) is 0 Å². The Kier molecular flexibility index (Phi) is 4.47. The number of rotatable bonds is 4. The van der Waals surface area contributed by atoms with E-state index in [1.807, 2.05) is 26.0 Å². The molecule has 2 unspecified atom stereocenters. The molecule has 5 heteroatoms. The smallest absolute Gasteiger partial charge is 0.332 e. The summed E-state index contributed by atoms with van der Waals surface area (Å²) >= 11 is 3.51. The summed E-state index contributed by atoms with van der Waals surface area (Å²) in [6, 6.07) is 3.92. The van der Waals surface area contributed by atoms with E-state index in [-0.39, 0.29) is 6.10 Å². The van der Waals surface area contributed by atoms with Gasteiger partial charge >= 0.3 is 5.97 Å². The highest BCUT2D eigenvalue weighted by Gasteiger charge is 2.30. The van der Waals surface area contributed by atoms with E-state index >= 15 is 0 Å². The van der Waals surface area contributed by atoms with Crippen LogP contribution in [0.5, 0.6) is 5.75 Å². The lowest BCUT2D eigenvalue weighted by Crippen LogP contribution is -2.23. The quantitative estimate of drug-likeness (QED) is 0.922. The fourth-order valence-corrected chi connectivity index (χ4v) is 2.42. The fraction of sp³-hybridized carbons (Fsp3) is 0.500. The summed E-state index contributed by atoms with van der Waals surface area (Å²) in [6.45, 7) is 4.41. The number of ether oxygens (including phenoxy) is 2. The van der Waals surface area contributed by atoms with E-state index in [0.29, 0.717) is 13.0 Å². The third kappa shape index (κ3) is 3.48. The van der Waals surface area contributed by atoms with Gasteiger partial charge in [0.1, 0.15) is 12.4 Å². The first-order valence-corrected chi connectivity index (χ1v) is 7.04. The zero-order chi connectivity index (χ0) is 14.0. The molecular formula is C14H17BrO4. The summed E-state index contributed by atoms with van der Waals surface area (Å²) in [5.41, 5.74) is 2.23. The predicted octanol–water partition coefficient (Wildman–Crippen LogP) is 3.08. The lowest BCUT2D eigenvalue weighted by Gasteiger charge is -2.14. The summed E-state index contributed by atoms with van der Waals surface area (Å²) in [7, 11) is 0. The Labute approximate surface area is 120 Å². The zero-order valence-electron chi connectivity index (χ0n) is 11.0. The Morgan fingerprint density at radius 2 is 2.05 bits per heavy atom. The van der Waals surface area contributed by atoms with Crippen molar-refractivity contribution >= 4 is 21.9 Å². The van der Waals surface area contributed by atoms with Gasteiger partial charge in [0.2, 0.25) is 0 Å². The second-order valence-corrected chi connectivity index (χ2v) is 5.64. The fourth-order valence-electron chi connectivity index (χ4n) is 2.19. The summed E-state index contributed by atoms with van der Waals surface area (Å²) < 4.78 is 12.2. The average molecular weight is 329 g/mol. The minimum atomic E-state index is -0.891. The molecular weight excluding hydrogens is 312 g/mol. The van der Waals surface area contributed by atoms with E-state index in [4.69, 9.17) is 14.6 Å². The van der Waals surface area contributed by atoms with Gasteiger partial charge in [-0.25, -0.2) is 4.79 Å². The Bertz CT molecular complexity index is 463. The van der Waals surface area contributed by atoms with Crippen molar-refractivity contribution in [2.75, 3.05) is 6.61 Å². The largest absolute Gasteiger partial charge is 0.491 e. The summed E-state index contributed by atoms with van der Waals surface area (Å²) in [5.74, 6) is -0.0987. The molecule has 4 nitrogen and oxygen atoms in total. The number of carboxylic acids is 1. The van der Waals surface area contributed by atoms with Crippen LogP contribution in [0.15, 0.2) is 16.6 Å². The van der Waals surface area contributed by atoms with Gasteiger partial charge < -0.3 is 14.6 Å². The van der Waals surface area contributed by atoms with Crippen LogP contribution in [0.3, 0.4) is 0 Å². The molecule has 0 amide bonds. The lowest BCUT2D eigenvalue weighted by molar-refractivity contribution is -0.149. The van der Waals surface area contributed by atoms with Gasteiger partial charge in [0, 0.05) is 4.47 Å². The zero-order valence-corrected chi connectivity index (χ0v) is 12.6. The van der Waals surface area contributed by atoms with Crippen LogP contribution in [0.2, 0.25) is 0 Å². The first kappa shape index (κ1) is 14.3. The first-order chi connectivity index (χ1) is 8.97. The number of halogens is 1. The number of hydrogen-bond acceptors (Lipinski definition) is 3. The summed E-state index contributed by atoms with van der Waals surface area (Å²) in [4.78, 5) is 10.8. The molecule has 104 valence electrons. The van der Waals surface area contributed by atoms with Gasteiger partial charge in [0.25, 0.3) is 0 Å². The molecule has 2 atom stereocenters. The molecule has 1 saturated heterocycles. The van der Waals surface area contributed by atoms with Crippen molar-refractivity contribution in [2.45, 2.75) is 38.9 Å². The molecule has 1 aliphatic heterocycles. The summed E-state index contributed by atoms with van der Waals surface area (Å²) in [6.07, 6.45) is 0.472. The SMILES string of the molecule is Cc1cc(OCC2CCC(C(=O)O)O2)cc(C)c1Br. The molecule has 1 fully saturated rings. The van der Waals surface area contributed by atoms with Crippen LogP contribution in [0.1, 0.15) is 24.0 Å². The molecule has 0 radical (unpaired) electrons. The standard InChI is InChI=1S/C14H17BrO4/c1-8-5-11(6-9(2)13(8)15)18-7-10-3-4-12(19-10)14(16)17/h5-6,10,12H,3-4,7H2,1-2H3,(H,16,17). The van der Waals surface area contributed by atoms with Gasteiger partial charge in [-0.05, 0) is 49.9 Å². The highest BCUT2D eigenvalue weighted by Crippen LogP contribution is 2.27. The van der Waals surface area contributed by atoms with Crippen molar-refractivity contribution in [1.82, 2.24) is 0 Å². The molecule has 1 aromatic carbocycles. The number of carbonyl (C=O) groups is 1. The van der Waals surface area contributed by atoms with Crippen molar-refractivity contribution < 1.29 is 19.4 Å². The van der Waals surface area contributed by atoms with Crippen molar-refractivity contribution in [3.63, 3.8) is 0 Å². The molecule has 19 heavy (non-hydrogen) atoms. The summed E-state index contributed by atoms with van der Waals surface area (Å²) in [5, 5.41) is 8.85. The lowest BCUT2D eigenvalue weighted by atomic mass is 10.1. The number of hydrogen-bond donors (Lipinski definition) is 1.